The molecular weight excluding hydrogens is 218 g/mol. The smallest absolute Gasteiger partial charge is 0.336 e. The maximum absolute atomic E-state index is 11.1. The zero-order valence-corrected chi connectivity index (χ0v) is 8.78. The van der Waals surface area contributed by atoms with Crippen LogP contribution in [0.5, 0.6) is 0 Å². The monoisotopic (exact) mass is 229 g/mol. The van der Waals surface area contributed by atoms with Gasteiger partial charge in [0.15, 0.2) is 6.10 Å². The second-order valence-corrected chi connectivity index (χ2v) is 3.36. The summed E-state index contributed by atoms with van der Waals surface area (Å²) in [6.07, 6.45) is -1.27. The number of aliphatic hydroxyl groups excluding tert-OH is 1. The maximum atomic E-state index is 11.1. The average Bonchev–Trinajstić information content (AvgIpc) is 2.26. The highest BCUT2D eigenvalue weighted by Gasteiger charge is 2.14. The molecule has 82 valence electrons. The Kier molecular flexibility index (Phi) is 4.55. The number of aliphatic hydroxyl groups is 1. The molecule has 1 aromatic carbocycles. The third-order valence-electron chi connectivity index (χ3n) is 1.82. The van der Waals surface area contributed by atoms with E-state index in [1.807, 2.05) is 0 Å². The molecule has 0 aliphatic heterocycles. The van der Waals surface area contributed by atoms with E-state index in [9.17, 15) is 4.79 Å². The largest absolute Gasteiger partial charge is 0.459 e. The first kappa shape index (κ1) is 12.0. The van der Waals surface area contributed by atoms with E-state index in [1.54, 1.807) is 24.3 Å². The van der Waals surface area contributed by atoms with Gasteiger partial charge in [-0.05, 0) is 6.07 Å². The molecule has 0 spiro atoms. The second-order valence-electron chi connectivity index (χ2n) is 2.95. The van der Waals surface area contributed by atoms with Gasteiger partial charge in [-0.1, -0.05) is 29.8 Å². The van der Waals surface area contributed by atoms with Crippen LogP contribution in [0.15, 0.2) is 24.3 Å². The summed E-state index contributed by atoms with van der Waals surface area (Å²) >= 11 is 5.84. The summed E-state index contributed by atoms with van der Waals surface area (Å²) in [6.45, 7) is -0.114. The lowest BCUT2D eigenvalue weighted by Gasteiger charge is -2.09. The minimum absolute atomic E-state index is 0.0373. The maximum Gasteiger partial charge on any atom is 0.336 e. The summed E-state index contributed by atoms with van der Waals surface area (Å²) in [5.41, 5.74) is 5.79. The molecule has 0 saturated heterocycles. The van der Waals surface area contributed by atoms with E-state index < -0.39 is 12.1 Å². The lowest BCUT2D eigenvalue weighted by atomic mass is 10.2. The van der Waals surface area contributed by atoms with Crippen LogP contribution in [0, 0.1) is 0 Å². The van der Waals surface area contributed by atoms with Crippen molar-refractivity contribution < 1.29 is 14.6 Å². The Bertz CT molecular complexity index is 343. The Morgan fingerprint density at radius 2 is 2.20 bits per heavy atom. The van der Waals surface area contributed by atoms with Crippen LogP contribution in [-0.4, -0.2) is 23.7 Å². The molecule has 0 heterocycles. The molecule has 1 atom stereocenters. The van der Waals surface area contributed by atoms with Crippen molar-refractivity contribution in [1.29, 1.82) is 0 Å². The number of ether oxygens (including phenoxy) is 1. The molecule has 0 aliphatic rings. The summed E-state index contributed by atoms with van der Waals surface area (Å²) < 4.78 is 4.81. The lowest BCUT2D eigenvalue weighted by Crippen LogP contribution is -2.30. The molecule has 1 aromatic rings. The van der Waals surface area contributed by atoms with Crippen molar-refractivity contribution in [3.63, 3.8) is 0 Å². The Morgan fingerprint density at radius 3 is 2.80 bits per heavy atom. The van der Waals surface area contributed by atoms with Crippen LogP contribution < -0.4 is 5.73 Å². The standard InChI is InChI=1S/C10H12ClNO3/c11-8-4-2-1-3-7(8)6-15-10(14)9(13)5-12/h1-4,9,13H,5-6,12H2/t9-/m0/s1. The van der Waals surface area contributed by atoms with Gasteiger partial charge in [0.25, 0.3) is 0 Å². The van der Waals surface area contributed by atoms with Crippen molar-refractivity contribution in [2.45, 2.75) is 12.7 Å². The van der Waals surface area contributed by atoms with Gasteiger partial charge < -0.3 is 15.6 Å². The SMILES string of the molecule is NC[C@H](O)C(=O)OCc1ccccc1Cl. The molecule has 3 N–H and O–H groups in total. The first-order chi connectivity index (χ1) is 7.15. The van der Waals surface area contributed by atoms with Crippen molar-refractivity contribution in [3.8, 4) is 0 Å². The van der Waals surface area contributed by atoms with Gasteiger partial charge in [-0.3, -0.25) is 0 Å². The van der Waals surface area contributed by atoms with Crippen LogP contribution in [0.1, 0.15) is 5.56 Å². The minimum atomic E-state index is -1.27. The Morgan fingerprint density at radius 1 is 1.53 bits per heavy atom. The van der Waals surface area contributed by atoms with Crippen molar-refractivity contribution in [3.05, 3.63) is 34.9 Å². The normalized spacial score (nSPS) is 12.2. The number of carbonyl (C=O) groups is 1. The van der Waals surface area contributed by atoms with Gasteiger partial charge in [0.1, 0.15) is 6.61 Å². The fourth-order valence-electron chi connectivity index (χ4n) is 0.957. The predicted octanol–water partition coefficient (Wildman–Crippen LogP) is 0.703. The molecule has 0 fully saturated rings. The predicted molar refractivity (Wildman–Crippen MR) is 56.3 cm³/mol. The van der Waals surface area contributed by atoms with Gasteiger partial charge in [0.2, 0.25) is 0 Å². The summed E-state index contributed by atoms with van der Waals surface area (Å²) in [5.74, 6) is -0.739. The summed E-state index contributed by atoms with van der Waals surface area (Å²) in [4.78, 5) is 11.1. The highest BCUT2D eigenvalue weighted by atomic mass is 35.5. The molecule has 0 bridgehead atoms. The quantitative estimate of drug-likeness (QED) is 0.746. The first-order valence-electron chi connectivity index (χ1n) is 4.43. The zero-order valence-electron chi connectivity index (χ0n) is 8.02. The molecule has 0 amide bonds. The lowest BCUT2D eigenvalue weighted by molar-refractivity contribution is -0.154. The van der Waals surface area contributed by atoms with Crippen LogP contribution in [0.4, 0.5) is 0 Å². The van der Waals surface area contributed by atoms with Crippen LogP contribution in [0.3, 0.4) is 0 Å². The molecule has 0 radical (unpaired) electrons. The van der Waals surface area contributed by atoms with E-state index in [4.69, 9.17) is 27.2 Å². The molecule has 0 aromatic heterocycles. The first-order valence-corrected chi connectivity index (χ1v) is 4.81. The number of nitrogens with two attached hydrogens (primary N) is 1. The van der Waals surface area contributed by atoms with E-state index >= 15 is 0 Å². The number of benzene rings is 1. The molecular formula is C10H12ClNO3. The number of esters is 1. The molecule has 15 heavy (non-hydrogen) atoms. The Balaban J connectivity index is 2.51. The zero-order chi connectivity index (χ0) is 11.3. The van der Waals surface area contributed by atoms with E-state index in [1.165, 1.54) is 0 Å². The van der Waals surface area contributed by atoms with Crippen molar-refractivity contribution in [2.75, 3.05) is 6.54 Å². The fraction of sp³-hybridized carbons (Fsp3) is 0.300. The van der Waals surface area contributed by atoms with Gasteiger partial charge in [0, 0.05) is 17.1 Å². The molecule has 1 rings (SSSR count). The van der Waals surface area contributed by atoms with Crippen LogP contribution in [0.2, 0.25) is 5.02 Å². The molecule has 0 saturated carbocycles. The van der Waals surface area contributed by atoms with Crippen LogP contribution in [0.25, 0.3) is 0 Å². The number of hydrogen-bond donors (Lipinski definition) is 2. The summed E-state index contributed by atoms with van der Waals surface area (Å²) in [5, 5.41) is 9.56. The number of hydrogen-bond acceptors (Lipinski definition) is 4. The van der Waals surface area contributed by atoms with Gasteiger partial charge in [-0.2, -0.15) is 0 Å². The van der Waals surface area contributed by atoms with E-state index in [0.717, 1.165) is 0 Å². The highest BCUT2D eigenvalue weighted by molar-refractivity contribution is 6.31. The van der Waals surface area contributed by atoms with Crippen molar-refractivity contribution in [2.24, 2.45) is 5.73 Å². The minimum Gasteiger partial charge on any atom is -0.459 e. The number of halogens is 1. The second kappa shape index (κ2) is 5.70. The van der Waals surface area contributed by atoms with E-state index in [2.05, 4.69) is 0 Å². The van der Waals surface area contributed by atoms with E-state index in [-0.39, 0.29) is 13.2 Å². The fourth-order valence-corrected chi connectivity index (χ4v) is 1.15. The topological polar surface area (TPSA) is 72.5 Å². The molecule has 0 aliphatic carbocycles. The Hall–Kier alpha value is -1.10. The average molecular weight is 230 g/mol. The molecule has 0 unspecified atom stereocenters. The number of carbonyl (C=O) groups excluding carboxylic acids is 1. The highest BCUT2D eigenvalue weighted by Crippen LogP contribution is 2.15. The third-order valence-corrected chi connectivity index (χ3v) is 2.19. The van der Waals surface area contributed by atoms with E-state index in [0.29, 0.717) is 10.6 Å². The molecule has 4 nitrogen and oxygen atoms in total. The van der Waals surface area contributed by atoms with Crippen molar-refractivity contribution in [1.82, 2.24) is 0 Å². The van der Waals surface area contributed by atoms with Crippen molar-refractivity contribution >= 4 is 17.6 Å². The van der Waals surface area contributed by atoms with Gasteiger partial charge >= 0.3 is 5.97 Å². The van der Waals surface area contributed by atoms with Crippen LogP contribution >= 0.6 is 11.6 Å². The number of rotatable bonds is 4. The van der Waals surface area contributed by atoms with Gasteiger partial charge in [-0.15, -0.1) is 0 Å². The Labute approximate surface area is 92.6 Å². The van der Waals surface area contributed by atoms with Crippen LogP contribution in [-0.2, 0) is 16.1 Å². The van der Waals surface area contributed by atoms with Gasteiger partial charge in [-0.25, -0.2) is 4.79 Å². The van der Waals surface area contributed by atoms with Gasteiger partial charge in [0.05, 0.1) is 0 Å². The molecule has 5 heteroatoms. The summed E-state index contributed by atoms with van der Waals surface area (Å²) in [6, 6.07) is 7.01. The third kappa shape index (κ3) is 3.51. The summed E-state index contributed by atoms with van der Waals surface area (Å²) in [7, 11) is 0.